The third-order valence-electron chi connectivity index (χ3n) is 6.63. The Morgan fingerprint density at radius 3 is 2.18 bits per heavy atom. The Bertz CT molecular complexity index is 1330. The maximum absolute atomic E-state index is 13.6. The number of rotatable bonds is 5. The number of halogens is 2. The van der Waals surface area contributed by atoms with Gasteiger partial charge in [0.2, 0.25) is 15.9 Å². The van der Waals surface area contributed by atoms with Crippen LogP contribution in [0.15, 0.2) is 77.7 Å². The molecule has 2 heterocycles. The van der Waals surface area contributed by atoms with Gasteiger partial charge in [0.15, 0.2) is 0 Å². The highest BCUT2D eigenvalue weighted by atomic mass is 32.2. The van der Waals surface area contributed by atoms with Crippen molar-refractivity contribution in [2.24, 2.45) is 0 Å². The Kier molecular flexibility index (Phi) is 5.71. The molecule has 0 bridgehead atoms. The fourth-order valence-corrected chi connectivity index (χ4v) is 6.41. The molecule has 2 saturated heterocycles. The van der Waals surface area contributed by atoms with E-state index in [-0.39, 0.29) is 36.3 Å². The number of aliphatic hydroxyl groups is 1. The first-order valence-corrected chi connectivity index (χ1v) is 12.3. The van der Waals surface area contributed by atoms with Crippen molar-refractivity contribution in [2.45, 2.75) is 22.9 Å². The van der Waals surface area contributed by atoms with Crippen LogP contribution < -0.4 is 0 Å². The second-order valence-corrected chi connectivity index (χ2v) is 10.5. The van der Waals surface area contributed by atoms with Crippen LogP contribution in [0.25, 0.3) is 11.1 Å². The summed E-state index contributed by atoms with van der Waals surface area (Å²) in [5.41, 5.74) is 2.60. The van der Waals surface area contributed by atoms with Crippen molar-refractivity contribution in [3.05, 3.63) is 90.0 Å². The Balaban J connectivity index is 1.42. The monoisotopic (exact) mass is 484 g/mol. The van der Waals surface area contributed by atoms with Crippen molar-refractivity contribution < 1.29 is 27.1 Å². The zero-order chi connectivity index (χ0) is 24.0. The molecule has 1 amide bonds. The fraction of sp³-hybridized carbons (Fsp3) is 0.240. The number of carbonyl (C=O) groups is 1. The van der Waals surface area contributed by atoms with Gasteiger partial charge in [-0.05, 0) is 47.0 Å². The molecule has 1 N–H and O–H groups in total. The molecule has 0 radical (unpaired) electrons. The average molecular weight is 485 g/mol. The molecule has 0 aromatic heterocycles. The number of amides is 1. The molecular formula is C25H22F2N2O4S. The highest BCUT2D eigenvalue weighted by molar-refractivity contribution is 7.89. The molecular weight excluding hydrogens is 462 g/mol. The van der Waals surface area contributed by atoms with Crippen LogP contribution >= 0.6 is 0 Å². The van der Waals surface area contributed by atoms with E-state index in [2.05, 4.69) is 0 Å². The minimum atomic E-state index is -4.06. The van der Waals surface area contributed by atoms with Crippen LogP contribution in [-0.2, 0) is 14.8 Å². The van der Waals surface area contributed by atoms with Crippen LogP contribution in [0.5, 0.6) is 0 Å². The molecule has 0 aliphatic carbocycles. The average Bonchev–Trinajstić information content (AvgIpc) is 2.81. The van der Waals surface area contributed by atoms with E-state index in [0.717, 1.165) is 33.1 Å². The Hall–Kier alpha value is -3.14. The van der Waals surface area contributed by atoms with Gasteiger partial charge in [0.05, 0.1) is 30.1 Å². The van der Waals surface area contributed by atoms with Crippen molar-refractivity contribution in [2.75, 3.05) is 19.7 Å². The zero-order valence-electron chi connectivity index (χ0n) is 18.0. The molecule has 34 heavy (non-hydrogen) atoms. The van der Waals surface area contributed by atoms with Gasteiger partial charge in [0.1, 0.15) is 11.6 Å². The lowest BCUT2D eigenvalue weighted by Gasteiger charge is -2.58. The molecule has 0 spiro atoms. The summed E-state index contributed by atoms with van der Waals surface area (Å²) < 4.78 is 54.1. The summed E-state index contributed by atoms with van der Waals surface area (Å²) in [4.78, 5) is 14.2. The Morgan fingerprint density at radius 1 is 0.912 bits per heavy atom. The number of aliphatic hydroxyl groups excluding tert-OH is 1. The first kappa shape index (κ1) is 22.6. The molecule has 3 aromatic rings. The molecule has 9 heteroatoms. The van der Waals surface area contributed by atoms with E-state index in [4.69, 9.17) is 0 Å². The van der Waals surface area contributed by atoms with Gasteiger partial charge >= 0.3 is 0 Å². The number of piperazine rings is 1. The van der Waals surface area contributed by atoms with Gasteiger partial charge in [-0.1, -0.05) is 42.5 Å². The normalized spacial score (nSPS) is 22.9. The lowest BCUT2D eigenvalue weighted by molar-refractivity contribution is -0.158. The first-order chi connectivity index (χ1) is 16.3. The molecule has 5 rings (SSSR count). The van der Waals surface area contributed by atoms with Crippen LogP contribution in [0, 0.1) is 11.6 Å². The Labute approximate surface area is 196 Å². The molecule has 2 aliphatic heterocycles. The predicted octanol–water partition coefficient (Wildman–Crippen LogP) is 2.99. The molecule has 3 aromatic carbocycles. The largest absolute Gasteiger partial charge is 0.394 e. The van der Waals surface area contributed by atoms with Gasteiger partial charge in [0, 0.05) is 12.5 Å². The summed E-state index contributed by atoms with van der Waals surface area (Å²) in [7, 11) is -4.06. The summed E-state index contributed by atoms with van der Waals surface area (Å²) in [6.07, 6.45) is 0. The van der Waals surface area contributed by atoms with E-state index in [1.54, 1.807) is 17.0 Å². The van der Waals surface area contributed by atoms with E-state index in [1.165, 1.54) is 24.3 Å². The number of sulfonamides is 1. The maximum atomic E-state index is 13.6. The maximum Gasteiger partial charge on any atom is 0.243 e. The van der Waals surface area contributed by atoms with Crippen LogP contribution in [0.4, 0.5) is 8.78 Å². The Morgan fingerprint density at radius 2 is 1.56 bits per heavy atom. The van der Waals surface area contributed by atoms with Gasteiger partial charge in [-0.25, -0.2) is 17.2 Å². The smallest absolute Gasteiger partial charge is 0.243 e. The van der Waals surface area contributed by atoms with Crippen LogP contribution in [0.2, 0.25) is 0 Å². The highest BCUT2D eigenvalue weighted by Gasteiger charge is 2.55. The molecule has 2 fully saturated rings. The highest BCUT2D eigenvalue weighted by Crippen LogP contribution is 2.44. The van der Waals surface area contributed by atoms with Crippen molar-refractivity contribution in [1.82, 2.24) is 9.21 Å². The molecule has 0 saturated carbocycles. The van der Waals surface area contributed by atoms with E-state index >= 15 is 0 Å². The van der Waals surface area contributed by atoms with Crippen LogP contribution in [-0.4, -0.2) is 60.4 Å². The van der Waals surface area contributed by atoms with Gasteiger partial charge < -0.3 is 10.0 Å². The zero-order valence-corrected chi connectivity index (χ0v) is 18.8. The lowest BCUT2D eigenvalue weighted by atomic mass is 9.74. The van der Waals surface area contributed by atoms with Gasteiger partial charge in [-0.2, -0.15) is 4.31 Å². The number of hydrogen-bond donors (Lipinski definition) is 1. The molecule has 0 unspecified atom stereocenters. The molecule has 6 nitrogen and oxygen atoms in total. The second-order valence-electron chi connectivity index (χ2n) is 8.53. The standard InChI is InChI=1S/C25H22F2N2O4S/c26-19-10-8-17(9-11-19)16-4-6-18(7-5-16)25-22-13-28(14-24(31)29(22)23(25)15-30)34(32,33)21-3-1-2-20(27)12-21/h1-12,22-23,25,30H,13-15H2/t22-,23-,25+/m0/s1. The predicted molar refractivity (Wildman–Crippen MR) is 121 cm³/mol. The summed E-state index contributed by atoms with van der Waals surface area (Å²) in [6.45, 7) is -0.559. The minimum Gasteiger partial charge on any atom is -0.394 e. The van der Waals surface area contributed by atoms with Crippen molar-refractivity contribution in [3.63, 3.8) is 0 Å². The van der Waals surface area contributed by atoms with Crippen molar-refractivity contribution in [3.8, 4) is 11.1 Å². The quantitative estimate of drug-likeness (QED) is 0.604. The van der Waals surface area contributed by atoms with Crippen LogP contribution in [0.3, 0.4) is 0 Å². The third kappa shape index (κ3) is 3.79. The number of hydrogen-bond acceptors (Lipinski definition) is 4. The SMILES string of the molecule is O=C1CN(S(=O)(=O)c2cccc(F)c2)C[C@H]2[C@@H](c3ccc(-c4ccc(F)cc4)cc3)[C@H](CO)N12. The van der Waals surface area contributed by atoms with Gasteiger partial charge in [0.25, 0.3) is 0 Å². The van der Waals surface area contributed by atoms with E-state index in [9.17, 15) is 27.1 Å². The summed E-state index contributed by atoms with van der Waals surface area (Å²) in [5.74, 6) is -1.65. The summed E-state index contributed by atoms with van der Waals surface area (Å²) in [6, 6.07) is 17.5. The summed E-state index contributed by atoms with van der Waals surface area (Å²) >= 11 is 0. The summed E-state index contributed by atoms with van der Waals surface area (Å²) in [5, 5.41) is 9.96. The number of nitrogens with zero attached hydrogens (tertiary/aromatic N) is 2. The van der Waals surface area contributed by atoms with Crippen LogP contribution in [0.1, 0.15) is 11.5 Å². The lowest BCUT2D eigenvalue weighted by Crippen LogP contribution is -2.73. The minimum absolute atomic E-state index is 0.0471. The van der Waals surface area contributed by atoms with Crippen molar-refractivity contribution in [1.29, 1.82) is 0 Å². The van der Waals surface area contributed by atoms with Crippen molar-refractivity contribution >= 4 is 15.9 Å². The van der Waals surface area contributed by atoms with Gasteiger partial charge in [-0.3, -0.25) is 4.79 Å². The topological polar surface area (TPSA) is 77.9 Å². The molecule has 3 atom stereocenters. The second kappa shape index (κ2) is 8.57. The van der Waals surface area contributed by atoms with E-state index < -0.39 is 33.8 Å². The molecule has 176 valence electrons. The van der Waals surface area contributed by atoms with E-state index in [1.807, 2.05) is 24.3 Å². The third-order valence-corrected chi connectivity index (χ3v) is 8.44. The number of fused-ring (bicyclic) bond motifs is 1. The van der Waals surface area contributed by atoms with Gasteiger partial charge in [-0.15, -0.1) is 0 Å². The first-order valence-electron chi connectivity index (χ1n) is 10.8. The molecule has 2 aliphatic rings. The van der Waals surface area contributed by atoms with E-state index in [0.29, 0.717) is 0 Å². The number of benzene rings is 3. The fourth-order valence-electron chi connectivity index (χ4n) is 4.97. The number of carbonyl (C=O) groups excluding carboxylic acids is 1.